The second-order valence-electron chi connectivity index (χ2n) is 4.04. The Balaban J connectivity index is 2.02. The third kappa shape index (κ3) is 5.82. The van der Waals surface area contributed by atoms with Crippen LogP contribution in [-0.4, -0.2) is 24.9 Å². The normalized spacial score (nSPS) is 10.1. The largest absolute Gasteiger partial charge is 0.356 e. The minimum absolute atomic E-state index is 0.0395. The number of rotatable bonds is 8. The van der Waals surface area contributed by atoms with Crippen LogP contribution in [0.15, 0.2) is 17.5 Å². The van der Waals surface area contributed by atoms with Gasteiger partial charge < -0.3 is 10.6 Å². The van der Waals surface area contributed by atoms with Gasteiger partial charge in [0.15, 0.2) is 0 Å². The number of unbranched alkanes of at least 4 members (excludes halogenated alkanes) is 1. The average molecular weight is 268 g/mol. The topological polar surface area (TPSA) is 58.2 Å². The molecule has 2 N–H and O–H groups in total. The Morgan fingerprint density at radius 1 is 1.22 bits per heavy atom. The number of hydrogen-bond donors (Lipinski definition) is 2. The molecule has 0 saturated heterocycles. The Morgan fingerprint density at radius 2 is 2.00 bits per heavy atom. The lowest BCUT2D eigenvalue weighted by Gasteiger charge is -2.05. The van der Waals surface area contributed by atoms with E-state index in [4.69, 9.17) is 0 Å². The maximum atomic E-state index is 11.6. The van der Waals surface area contributed by atoms with E-state index in [-0.39, 0.29) is 11.8 Å². The van der Waals surface area contributed by atoms with Gasteiger partial charge in [0, 0.05) is 19.5 Å². The molecule has 0 aliphatic carbocycles. The van der Waals surface area contributed by atoms with Gasteiger partial charge in [-0.2, -0.15) is 0 Å². The summed E-state index contributed by atoms with van der Waals surface area (Å²) in [5, 5.41) is 7.54. The number of hydrogen-bond acceptors (Lipinski definition) is 3. The number of amides is 2. The van der Waals surface area contributed by atoms with Crippen molar-refractivity contribution in [2.24, 2.45) is 0 Å². The smallest absolute Gasteiger partial charge is 0.261 e. The molecular weight excluding hydrogens is 248 g/mol. The summed E-state index contributed by atoms with van der Waals surface area (Å²) in [4.78, 5) is 23.6. The summed E-state index contributed by atoms with van der Waals surface area (Å²) >= 11 is 1.43. The molecule has 1 aromatic rings. The highest BCUT2D eigenvalue weighted by Gasteiger charge is 2.04. The molecule has 2 amide bonds. The Bertz CT molecular complexity index is 363. The summed E-state index contributed by atoms with van der Waals surface area (Å²) in [6, 6.07) is 3.65. The summed E-state index contributed by atoms with van der Waals surface area (Å²) < 4.78 is 0. The second-order valence-corrected chi connectivity index (χ2v) is 4.99. The highest BCUT2D eigenvalue weighted by atomic mass is 32.1. The molecule has 100 valence electrons. The molecule has 0 aliphatic heterocycles. The van der Waals surface area contributed by atoms with Crippen LogP contribution in [0.1, 0.15) is 42.3 Å². The Morgan fingerprint density at radius 3 is 2.67 bits per heavy atom. The standard InChI is InChI=1S/C13H20N2O2S/c1-2-3-7-12(16)14-8-5-9-15-13(17)11-6-4-10-18-11/h4,6,10H,2-3,5,7-9H2,1H3,(H,14,16)(H,15,17). The van der Waals surface area contributed by atoms with Crippen molar-refractivity contribution in [1.82, 2.24) is 10.6 Å². The molecule has 0 bridgehead atoms. The molecule has 18 heavy (non-hydrogen) atoms. The predicted octanol–water partition coefficient (Wildman–Crippen LogP) is 2.17. The summed E-state index contributed by atoms with van der Waals surface area (Å²) in [6.45, 7) is 3.27. The first-order valence-electron chi connectivity index (χ1n) is 6.32. The fourth-order valence-corrected chi connectivity index (χ4v) is 2.08. The van der Waals surface area contributed by atoms with Gasteiger partial charge in [-0.05, 0) is 24.3 Å². The minimum atomic E-state index is -0.0395. The van der Waals surface area contributed by atoms with Gasteiger partial charge in [0.25, 0.3) is 5.91 Å². The Hall–Kier alpha value is -1.36. The van der Waals surface area contributed by atoms with Gasteiger partial charge in [-0.3, -0.25) is 9.59 Å². The van der Waals surface area contributed by atoms with E-state index >= 15 is 0 Å². The molecule has 1 aromatic heterocycles. The molecule has 0 saturated carbocycles. The first-order valence-corrected chi connectivity index (χ1v) is 7.20. The Kier molecular flexibility index (Phi) is 7.10. The highest BCUT2D eigenvalue weighted by molar-refractivity contribution is 7.12. The molecule has 1 rings (SSSR count). The van der Waals surface area contributed by atoms with Crippen LogP contribution in [0.4, 0.5) is 0 Å². The SMILES string of the molecule is CCCCC(=O)NCCCNC(=O)c1cccs1. The maximum Gasteiger partial charge on any atom is 0.261 e. The molecule has 0 spiro atoms. The van der Waals surface area contributed by atoms with E-state index in [1.165, 1.54) is 11.3 Å². The van der Waals surface area contributed by atoms with E-state index in [9.17, 15) is 9.59 Å². The van der Waals surface area contributed by atoms with Crippen molar-refractivity contribution in [2.75, 3.05) is 13.1 Å². The number of carbonyl (C=O) groups excluding carboxylic acids is 2. The van der Waals surface area contributed by atoms with E-state index in [0.29, 0.717) is 19.5 Å². The van der Waals surface area contributed by atoms with Crippen LogP contribution < -0.4 is 10.6 Å². The molecule has 4 nitrogen and oxygen atoms in total. The third-order valence-electron chi connectivity index (χ3n) is 2.46. The maximum absolute atomic E-state index is 11.6. The summed E-state index contributed by atoms with van der Waals surface area (Å²) in [6.07, 6.45) is 3.32. The quantitative estimate of drug-likeness (QED) is 0.710. The number of nitrogens with one attached hydrogen (secondary N) is 2. The van der Waals surface area contributed by atoms with E-state index in [2.05, 4.69) is 17.6 Å². The molecule has 0 atom stereocenters. The lowest BCUT2D eigenvalue weighted by atomic mass is 10.2. The van der Waals surface area contributed by atoms with Crippen molar-refractivity contribution in [2.45, 2.75) is 32.6 Å². The van der Waals surface area contributed by atoms with E-state index < -0.39 is 0 Å². The summed E-state index contributed by atoms with van der Waals surface area (Å²) in [5.74, 6) is 0.0590. The van der Waals surface area contributed by atoms with Crippen molar-refractivity contribution in [3.05, 3.63) is 22.4 Å². The van der Waals surface area contributed by atoms with Crippen LogP contribution in [0.2, 0.25) is 0 Å². The van der Waals surface area contributed by atoms with Crippen molar-refractivity contribution in [3.63, 3.8) is 0 Å². The number of carbonyl (C=O) groups is 2. The van der Waals surface area contributed by atoms with Crippen molar-refractivity contribution in [3.8, 4) is 0 Å². The van der Waals surface area contributed by atoms with Gasteiger partial charge >= 0.3 is 0 Å². The van der Waals surface area contributed by atoms with Gasteiger partial charge in [-0.15, -0.1) is 11.3 Å². The molecule has 0 radical (unpaired) electrons. The molecule has 0 fully saturated rings. The van der Waals surface area contributed by atoms with Crippen LogP contribution in [-0.2, 0) is 4.79 Å². The van der Waals surface area contributed by atoms with Gasteiger partial charge in [0.2, 0.25) is 5.91 Å². The van der Waals surface area contributed by atoms with Crippen LogP contribution >= 0.6 is 11.3 Å². The van der Waals surface area contributed by atoms with E-state index in [1.807, 2.05) is 11.4 Å². The first-order chi connectivity index (χ1) is 8.74. The molecule has 5 heteroatoms. The predicted molar refractivity (Wildman–Crippen MR) is 73.8 cm³/mol. The van der Waals surface area contributed by atoms with Crippen molar-refractivity contribution < 1.29 is 9.59 Å². The van der Waals surface area contributed by atoms with E-state index in [0.717, 1.165) is 24.1 Å². The van der Waals surface area contributed by atoms with E-state index in [1.54, 1.807) is 6.07 Å². The van der Waals surface area contributed by atoms with Crippen LogP contribution in [0.5, 0.6) is 0 Å². The zero-order chi connectivity index (χ0) is 13.2. The molecule has 0 unspecified atom stereocenters. The lowest BCUT2D eigenvalue weighted by Crippen LogP contribution is -2.29. The van der Waals surface area contributed by atoms with Crippen molar-refractivity contribution >= 4 is 23.2 Å². The van der Waals surface area contributed by atoms with Gasteiger partial charge in [-0.1, -0.05) is 19.4 Å². The van der Waals surface area contributed by atoms with Crippen LogP contribution in [0.3, 0.4) is 0 Å². The molecule has 1 heterocycles. The van der Waals surface area contributed by atoms with Crippen LogP contribution in [0, 0.1) is 0 Å². The second kappa shape index (κ2) is 8.69. The number of thiophene rings is 1. The zero-order valence-corrected chi connectivity index (χ0v) is 11.5. The average Bonchev–Trinajstić information content (AvgIpc) is 2.89. The minimum Gasteiger partial charge on any atom is -0.356 e. The first kappa shape index (κ1) is 14.7. The lowest BCUT2D eigenvalue weighted by molar-refractivity contribution is -0.121. The third-order valence-corrected chi connectivity index (χ3v) is 3.33. The Labute approximate surface area is 112 Å². The molecular formula is C13H20N2O2S. The van der Waals surface area contributed by atoms with Gasteiger partial charge in [0.05, 0.1) is 4.88 Å². The highest BCUT2D eigenvalue weighted by Crippen LogP contribution is 2.07. The summed E-state index contributed by atoms with van der Waals surface area (Å²) in [7, 11) is 0. The fraction of sp³-hybridized carbons (Fsp3) is 0.538. The molecule has 0 aliphatic rings. The zero-order valence-electron chi connectivity index (χ0n) is 10.7. The van der Waals surface area contributed by atoms with Gasteiger partial charge in [0.1, 0.15) is 0 Å². The molecule has 0 aromatic carbocycles. The summed E-state index contributed by atoms with van der Waals surface area (Å²) in [5.41, 5.74) is 0. The van der Waals surface area contributed by atoms with Crippen molar-refractivity contribution in [1.29, 1.82) is 0 Å². The fourth-order valence-electron chi connectivity index (χ4n) is 1.44. The van der Waals surface area contributed by atoms with Crippen LogP contribution in [0.25, 0.3) is 0 Å². The van der Waals surface area contributed by atoms with Gasteiger partial charge in [-0.25, -0.2) is 0 Å². The monoisotopic (exact) mass is 268 g/mol.